The molecule has 0 N–H and O–H groups in total. The van der Waals surface area contributed by atoms with Crippen LogP contribution in [0.15, 0.2) is 59.2 Å². The van der Waals surface area contributed by atoms with Crippen molar-refractivity contribution in [1.29, 1.82) is 0 Å². The Balaban J connectivity index is 2.35. The molecule has 0 radical (unpaired) electrons. The lowest BCUT2D eigenvalue weighted by atomic mass is 9.99. The SMILES string of the molecule is O=C(C(=O)c1ccccc1Cl)C1=C(Cl)C=CC=CC1. The van der Waals surface area contributed by atoms with Gasteiger partial charge < -0.3 is 0 Å². The summed E-state index contributed by atoms with van der Waals surface area (Å²) in [6, 6.07) is 6.46. The summed E-state index contributed by atoms with van der Waals surface area (Å²) in [6.07, 6.45) is 7.21. The molecule has 0 fully saturated rings. The van der Waals surface area contributed by atoms with E-state index in [9.17, 15) is 9.59 Å². The van der Waals surface area contributed by atoms with Crippen molar-refractivity contribution in [2.24, 2.45) is 0 Å². The lowest BCUT2D eigenvalue weighted by molar-refractivity contribution is -0.111. The highest BCUT2D eigenvalue weighted by Gasteiger charge is 2.23. The van der Waals surface area contributed by atoms with Gasteiger partial charge in [0.1, 0.15) is 0 Å². The molecule has 0 saturated heterocycles. The lowest BCUT2D eigenvalue weighted by Crippen LogP contribution is -2.17. The van der Waals surface area contributed by atoms with E-state index in [1.54, 1.807) is 42.5 Å². The number of halogens is 2. The molecule has 1 aromatic carbocycles. The van der Waals surface area contributed by atoms with Gasteiger partial charge in [-0.1, -0.05) is 53.6 Å². The molecular weight excluding hydrogens is 283 g/mol. The molecule has 1 aromatic rings. The Labute approximate surface area is 121 Å². The van der Waals surface area contributed by atoms with E-state index in [0.29, 0.717) is 6.42 Å². The molecule has 0 aromatic heterocycles. The molecule has 0 bridgehead atoms. The number of carbonyl (C=O) groups is 2. The van der Waals surface area contributed by atoms with Crippen LogP contribution in [0.5, 0.6) is 0 Å². The minimum atomic E-state index is -0.637. The van der Waals surface area contributed by atoms with Crippen molar-refractivity contribution in [2.45, 2.75) is 6.42 Å². The van der Waals surface area contributed by atoms with Crippen molar-refractivity contribution in [3.05, 3.63) is 69.8 Å². The number of carbonyl (C=O) groups excluding carboxylic acids is 2. The predicted molar refractivity (Wildman–Crippen MR) is 76.6 cm³/mol. The average molecular weight is 293 g/mol. The summed E-state index contributed by atoms with van der Waals surface area (Å²) >= 11 is 11.9. The average Bonchev–Trinajstić information content (AvgIpc) is 2.62. The van der Waals surface area contributed by atoms with Crippen molar-refractivity contribution in [3.8, 4) is 0 Å². The van der Waals surface area contributed by atoms with Gasteiger partial charge >= 0.3 is 0 Å². The summed E-state index contributed by atoms with van der Waals surface area (Å²) < 4.78 is 0. The normalized spacial score (nSPS) is 14.4. The zero-order chi connectivity index (χ0) is 13.8. The molecule has 0 heterocycles. The Kier molecular flexibility index (Phi) is 4.35. The van der Waals surface area contributed by atoms with Crippen molar-refractivity contribution >= 4 is 34.8 Å². The molecule has 0 aliphatic heterocycles. The van der Waals surface area contributed by atoms with Gasteiger partial charge in [0.2, 0.25) is 11.6 Å². The molecule has 4 heteroatoms. The van der Waals surface area contributed by atoms with Crippen molar-refractivity contribution in [3.63, 3.8) is 0 Å². The van der Waals surface area contributed by atoms with E-state index in [2.05, 4.69) is 0 Å². The number of ketones is 2. The maximum Gasteiger partial charge on any atom is 0.234 e. The fraction of sp³-hybridized carbons (Fsp3) is 0.0667. The molecule has 2 rings (SSSR count). The Hall–Kier alpha value is -1.64. The summed E-state index contributed by atoms with van der Waals surface area (Å²) in [7, 11) is 0. The van der Waals surface area contributed by atoms with E-state index in [0.717, 1.165) is 0 Å². The lowest BCUT2D eigenvalue weighted by Gasteiger charge is -2.05. The first-order chi connectivity index (χ1) is 9.11. The van der Waals surface area contributed by atoms with Gasteiger partial charge in [0.25, 0.3) is 0 Å². The Morgan fingerprint density at radius 2 is 1.74 bits per heavy atom. The number of rotatable bonds is 3. The van der Waals surface area contributed by atoms with Crippen LogP contribution in [-0.4, -0.2) is 11.6 Å². The number of allylic oxidation sites excluding steroid dienone is 6. The fourth-order valence-electron chi connectivity index (χ4n) is 1.71. The fourth-order valence-corrected chi connectivity index (χ4v) is 2.17. The van der Waals surface area contributed by atoms with Gasteiger partial charge in [0.15, 0.2) is 0 Å². The number of hydrogen-bond donors (Lipinski definition) is 0. The van der Waals surface area contributed by atoms with Gasteiger partial charge in [-0.2, -0.15) is 0 Å². The predicted octanol–water partition coefficient (Wildman–Crippen LogP) is 4.10. The van der Waals surface area contributed by atoms with Gasteiger partial charge in [-0.05, 0) is 24.6 Å². The number of benzene rings is 1. The second kappa shape index (κ2) is 6.00. The summed E-state index contributed by atoms with van der Waals surface area (Å²) in [6.45, 7) is 0. The Morgan fingerprint density at radius 1 is 1.00 bits per heavy atom. The summed E-state index contributed by atoms with van der Waals surface area (Å²) in [5.41, 5.74) is 0.486. The molecule has 19 heavy (non-hydrogen) atoms. The topological polar surface area (TPSA) is 34.1 Å². The molecule has 0 unspecified atom stereocenters. The molecule has 0 spiro atoms. The highest BCUT2D eigenvalue weighted by molar-refractivity contribution is 6.53. The van der Waals surface area contributed by atoms with Crippen LogP contribution in [0.4, 0.5) is 0 Å². The molecule has 0 amide bonds. The Morgan fingerprint density at radius 3 is 2.47 bits per heavy atom. The van der Waals surface area contributed by atoms with Crippen LogP contribution in [-0.2, 0) is 4.79 Å². The van der Waals surface area contributed by atoms with E-state index < -0.39 is 11.6 Å². The minimum absolute atomic E-state index is 0.198. The highest BCUT2D eigenvalue weighted by Crippen LogP contribution is 2.23. The van der Waals surface area contributed by atoms with Gasteiger partial charge in [-0.15, -0.1) is 0 Å². The number of hydrogen-bond acceptors (Lipinski definition) is 2. The van der Waals surface area contributed by atoms with Crippen LogP contribution in [0, 0.1) is 0 Å². The molecule has 1 aliphatic carbocycles. The van der Waals surface area contributed by atoms with Crippen LogP contribution in [0.2, 0.25) is 5.02 Å². The first kappa shape index (κ1) is 13.8. The maximum atomic E-state index is 12.2. The van der Waals surface area contributed by atoms with E-state index in [1.165, 1.54) is 6.07 Å². The molecule has 0 atom stereocenters. The van der Waals surface area contributed by atoms with Gasteiger partial charge in [-0.3, -0.25) is 9.59 Å². The van der Waals surface area contributed by atoms with Crippen molar-refractivity contribution < 1.29 is 9.59 Å². The second-order valence-electron chi connectivity index (χ2n) is 3.96. The van der Waals surface area contributed by atoms with E-state index in [4.69, 9.17) is 23.2 Å². The van der Waals surface area contributed by atoms with E-state index >= 15 is 0 Å². The molecule has 2 nitrogen and oxygen atoms in total. The van der Waals surface area contributed by atoms with Crippen LogP contribution in [0.1, 0.15) is 16.8 Å². The third-order valence-corrected chi connectivity index (χ3v) is 3.38. The summed E-state index contributed by atoms with van der Waals surface area (Å²) in [5, 5.41) is 0.549. The zero-order valence-electron chi connectivity index (χ0n) is 9.90. The first-order valence-electron chi connectivity index (χ1n) is 5.66. The maximum absolute atomic E-state index is 12.2. The monoisotopic (exact) mass is 292 g/mol. The summed E-state index contributed by atoms with van der Waals surface area (Å²) in [5.74, 6) is -1.25. The zero-order valence-corrected chi connectivity index (χ0v) is 11.4. The van der Waals surface area contributed by atoms with Gasteiger partial charge in [0, 0.05) is 16.2 Å². The van der Waals surface area contributed by atoms with Crippen molar-refractivity contribution in [2.75, 3.05) is 0 Å². The molecule has 1 aliphatic rings. The molecular formula is C15H10Cl2O2. The Bertz CT molecular complexity index is 625. The van der Waals surface area contributed by atoms with Crippen LogP contribution < -0.4 is 0 Å². The van der Waals surface area contributed by atoms with Crippen LogP contribution in [0.25, 0.3) is 0 Å². The third kappa shape index (κ3) is 3.03. The van der Waals surface area contributed by atoms with Crippen LogP contribution >= 0.6 is 23.2 Å². The first-order valence-corrected chi connectivity index (χ1v) is 6.42. The summed E-state index contributed by atoms with van der Waals surface area (Å²) in [4.78, 5) is 24.3. The third-order valence-electron chi connectivity index (χ3n) is 2.70. The molecule has 0 saturated carbocycles. The van der Waals surface area contributed by atoms with E-state index in [1.807, 2.05) is 0 Å². The highest BCUT2D eigenvalue weighted by atomic mass is 35.5. The minimum Gasteiger partial charge on any atom is -0.285 e. The second-order valence-corrected chi connectivity index (χ2v) is 4.77. The quantitative estimate of drug-likeness (QED) is 0.621. The van der Waals surface area contributed by atoms with Crippen molar-refractivity contribution in [1.82, 2.24) is 0 Å². The van der Waals surface area contributed by atoms with Crippen LogP contribution in [0.3, 0.4) is 0 Å². The smallest absolute Gasteiger partial charge is 0.234 e. The largest absolute Gasteiger partial charge is 0.285 e. The number of Topliss-reactive ketones (excluding diaryl/α,β-unsaturated/α-hetero) is 2. The van der Waals surface area contributed by atoms with Gasteiger partial charge in [-0.25, -0.2) is 0 Å². The standard InChI is InChI=1S/C15H10Cl2O2/c16-12-8-3-1-2-6-10(12)14(18)15(19)11-7-4-5-9-13(11)17/h1-5,7-9H,6H2. The van der Waals surface area contributed by atoms with E-state index in [-0.39, 0.29) is 21.2 Å². The molecule has 96 valence electrons. The van der Waals surface area contributed by atoms with Gasteiger partial charge in [0.05, 0.1) is 5.02 Å².